The number of nitrogens with zero attached hydrogens (tertiary/aromatic N) is 1. The molecule has 2 atom stereocenters. The molecule has 0 bridgehead atoms. The van der Waals surface area contributed by atoms with E-state index in [2.05, 4.69) is 10.2 Å². The zero-order valence-corrected chi connectivity index (χ0v) is 16.0. The fourth-order valence-electron chi connectivity index (χ4n) is 3.57. The SMILES string of the molecule is COc1ccc([C@@H](C)NC(=O)[C@@H]2CCCN(Cc3ccc(F)cc3)C2)cc1. The van der Waals surface area contributed by atoms with E-state index in [1.807, 2.05) is 43.3 Å². The van der Waals surface area contributed by atoms with Gasteiger partial charge in [0.1, 0.15) is 11.6 Å². The van der Waals surface area contributed by atoms with Crippen LogP contribution >= 0.6 is 0 Å². The Morgan fingerprint density at radius 3 is 2.59 bits per heavy atom. The second-order valence-electron chi connectivity index (χ2n) is 7.20. The van der Waals surface area contributed by atoms with Crippen LogP contribution in [0.3, 0.4) is 0 Å². The number of hydrogen-bond donors (Lipinski definition) is 1. The molecule has 1 amide bonds. The summed E-state index contributed by atoms with van der Waals surface area (Å²) in [5, 5.41) is 3.14. The van der Waals surface area contributed by atoms with Crippen molar-refractivity contribution in [2.45, 2.75) is 32.4 Å². The molecule has 0 aliphatic carbocycles. The van der Waals surface area contributed by atoms with Crippen LogP contribution in [-0.2, 0) is 11.3 Å². The molecule has 0 spiro atoms. The Morgan fingerprint density at radius 2 is 1.93 bits per heavy atom. The van der Waals surface area contributed by atoms with E-state index in [1.54, 1.807) is 7.11 Å². The second-order valence-corrected chi connectivity index (χ2v) is 7.20. The van der Waals surface area contributed by atoms with Crippen molar-refractivity contribution in [3.05, 3.63) is 65.5 Å². The molecule has 144 valence electrons. The molecule has 1 N–H and O–H groups in total. The maximum atomic E-state index is 13.1. The third kappa shape index (κ3) is 5.30. The summed E-state index contributed by atoms with van der Waals surface area (Å²) in [4.78, 5) is 15.0. The van der Waals surface area contributed by atoms with Crippen LogP contribution in [-0.4, -0.2) is 31.0 Å². The van der Waals surface area contributed by atoms with Gasteiger partial charge in [0.25, 0.3) is 0 Å². The number of hydrogen-bond acceptors (Lipinski definition) is 3. The highest BCUT2D eigenvalue weighted by Gasteiger charge is 2.26. The Morgan fingerprint density at radius 1 is 1.22 bits per heavy atom. The van der Waals surface area contributed by atoms with Gasteiger partial charge >= 0.3 is 0 Å². The van der Waals surface area contributed by atoms with E-state index < -0.39 is 0 Å². The fourth-order valence-corrected chi connectivity index (χ4v) is 3.57. The average molecular weight is 370 g/mol. The summed E-state index contributed by atoms with van der Waals surface area (Å²) in [5.74, 6) is 0.671. The maximum Gasteiger partial charge on any atom is 0.224 e. The van der Waals surface area contributed by atoms with Gasteiger partial charge in [-0.05, 0) is 61.7 Å². The molecule has 0 saturated carbocycles. The van der Waals surface area contributed by atoms with Gasteiger partial charge < -0.3 is 10.1 Å². The first-order valence-electron chi connectivity index (χ1n) is 9.46. The van der Waals surface area contributed by atoms with Crippen molar-refractivity contribution >= 4 is 5.91 Å². The van der Waals surface area contributed by atoms with Gasteiger partial charge in [0.15, 0.2) is 0 Å². The lowest BCUT2D eigenvalue weighted by atomic mass is 9.96. The first-order valence-corrected chi connectivity index (χ1v) is 9.46. The quantitative estimate of drug-likeness (QED) is 0.838. The number of rotatable bonds is 6. The topological polar surface area (TPSA) is 41.6 Å². The van der Waals surface area contributed by atoms with Gasteiger partial charge in [0.2, 0.25) is 5.91 Å². The van der Waals surface area contributed by atoms with E-state index in [0.29, 0.717) is 0 Å². The maximum absolute atomic E-state index is 13.1. The summed E-state index contributed by atoms with van der Waals surface area (Å²) in [6, 6.07) is 14.3. The van der Waals surface area contributed by atoms with E-state index in [1.165, 1.54) is 12.1 Å². The van der Waals surface area contributed by atoms with E-state index in [-0.39, 0.29) is 23.7 Å². The highest BCUT2D eigenvalue weighted by atomic mass is 19.1. The zero-order chi connectivity index (χ0) is 19.2. The molecule has 1 heterocycles. The molecule has 4 nitrogen and oxygen atoms in total. The highest BCUT2D eigenvalue weighted by Crippen LogP contribution is 2.22. The van der Waals surface area contributed by atoms with E-state index in [4.69, 9.17) is 4.74 Å². The molecule has 3 rings (SSSR count). The molecular weight excluding hydrogens is 343 g/mol. The van der Waals surface area contributed by atoms with E-state index >= 15 is 0 Å². The molecule has 1 saturated heterocycles. The summed E-state index contributed by atoms with van der Waals surface area (Å²) in [7, 11) is 1.64. The Hall–Kier alpha value is -2.40. The number of methoxy groups -OCH3 is 1. The lowest BCUT2D eigenvalue weighted by molar-refractivity contribution is -0.127. The summed E-state index contributed by atoms with van der Waals surface area (Å²) < 4.78 is 18.2. The van der Waals surface area contributed by atoms with Gasteiger partial charge in [-0.3, -0.25) is 9.69 Å². The highest BCUT2D eigenvalue weighted by molar-refractivity contribution is 5.79. The third-order valence-corrected chi connectivity index (χ3v) is 5.17. The Bertz CT molecular complexity index is 746. The minimum Gasteiger partial charge on any atom is -0.497 e. The first-order chi connectivity index (χ1) is 13.0. The van der Waals surface area contributed by atoms with Crippen molar-refractivity contribution in [3.8, 4) is 5.75 Å². The molecule has 5 heteroatoms. The number of nitrogens with one attached hydrogen (secondary N) is 1. The lowest BCUT2D eigenvalue weighted by Crippen LogP contribution is -2.43. The predicted octanol–water partition coefficient (Wildman–Crippen LogP) is 3.92. The van der Waals surface area contributed by atoms with Crippen molar-refractivity contribution < 1.29 is 13.9 Å². The lowest BCUT2D eigenvalue weighted by Gasteiger charge is -2.32. The number of carbonyl (C=O) groups excluding carboxylic acids is 1. The summed E-state index contributed by atoms with van der Waals surface area (Å²) >= 11 is 0. The number of likely N-dealkylation sites (tertiary alicyclic amines) is 1. The van der Waals surface area contributed by atoms with Crippen molar-refractivity contribution in [1.29, 1.82) is 0 Å². The molecule has 0 radical (unpaired) electrons. The van der Waals surface area contributed by atoms with Gasteiger partial charge in [-0.25, -0.2) is 4.39 Å². The molecule has 2 aromatic rings. The van der Waals surface area contributed by atoms with Crippen LogP contribution in [0.4, 0.5) is 4.39 Å². The molecule has 1 aliphatic rings. The average Bonchev–Trinajstić information content (AvgIpc) is 2.70. The van der Waals surface area contributed by atoms with Crippen molar-refractivity contribution in [2.75, 3.05) is 20.2 Å². The van der Waals surface area contributed by atoms with Crippen molar-refractivity contribution in [1.82, 2.24) is 10.2 Å². The third-order valence-electron chi connectivity index (χ3n) is 5.17. The Labute approximate surface area is 160 Å². The first kappa shape index (κ1) is 19.4. The van der Waals surface area contributed by atoms with Crippen LogP contribution < -0.4 is 10.1 Å². The monoisotopic (exact) mass is 370 g/mol. The predicted molar refractivity (Wildman–Crippen MR) is 104 cm³/mol. The van der Waals surface area contributed by atoms with Gasteiger partial charge in [-0.1, -0.05) is 24.3 Å². The zero-order valence-electron chi connectivity index (χ0n) is 16.0. The number of carbonyl (C=O) groups is 1. The molecule has 1 aliphatic heterocycles. The fraction of sp³-hybridized carbons (Fsp3) is 0.409. The van der Waals surface area contributed by atoms with Crippen LogP contribution in [0.2, 0.25) is 0 Å². The number of ether oxygens (including phenoxy) is 1. The van der Waals surface area contributed by atoms with Crippen molar-refractivity contribution in [3.63, 3.8) is 0 Å². The van der Waals surface area contributed by atoms with Crippen LogP contribution in [0.1, 0.15) is 36.9 Å². The van der Waals surface area contributed by atoms with Crippen LogP contribution in [0.25, 0.3) is 0 Å². The van der Waals surface area contributed by atoms with E-state index in [0.717, 1.165) is 49.4 Å². The van der Waals surface area contributed by atoms with Gasteiger partial charge in [-0.2, -0.15) is 0 Å². The van der Waals surface area contributed by atoms with Crippen LogP contribution in [0, 0.1) is 11.7 Å². The van der Waals surface area contributed by atoms with Crippen LogP contribution in [0.5, 0.6) is 5.75 Å². The molecule has 2 aromatic carbocycles. The summed E-state index contributed by atoms with van der Waals surface area (Å²) in [6.45, 7) is 4.45. The van der Waals surface area contributed by atoms with Gasteiger partial charge in [0.05, 0.1) is 19.1 Å². The number of amides is 1. The molecule has 1 fully saturated rings. The standard InChI is InChI=1S/C22H27FN2O2/c1-16(18-7-11-21(27-2)12-8-18)24-22(26)19-4-3-13-25(15-19)14-17-5-9-20(23)10-6-17/h5-12,16,19H,3-4,13-15H2,1-2H3,(H,24,26)/t16-,19-/m1/s1. The second kappa shape index (κ2) is 9.00. The summed E-state index contributed by atoms with van der Waals surface area (Å²) in [5.41, 5.74) is 2.13. The number of benzene rings is 2. The Kier molecular flexibility index (Phi) is 6.45. The van der Waals surface area contributed by atoms with E-state index in [9.17, 15) is 9.18 Å². The van der Waals surface area contributed by atoms with Gasteiger partial charge in [0, 0.05) is 13.1 Å². The smallest absolute Gasteiger partial charge is 0.224 e. The summed E-state index contributed by atoms with van der Waals surface area (Å²) in [6.07, 6.45) is 1.90. The normalized spacial score (nSPS) is 18.7. The minimum absolute atomic E-state index is 0.0140. The molecule has 0 aromatic heterocycles. The number of halogens is 1. The van der Waals surface area contributed by atoms with Gasteiger partial charge in [-0.15, -0.1) is 0 Å². The minimum atomic E-state index is -0.220. The molecular formula is C22H27FN2O2. The molecule has 0 unspecified atom stereocenters. The van der Waals surface area contributed by atoms with Crippen LogP contribution in [0.15, 0.2) is 48.5 Å². The molecule has 27 heavy (non-hydrogen) atoms. The van der Waals surface area contributed by atoms with Crippen molar-refractivity contribution in [2.24, 2.45) is 5.92 Å². The largest absolute Gasteiger partial charge is 0.497 e. The number of piperidine rings is 1. The Balaban J connectivity index is 1.54.